The van der Waals surface area contributed by atoms with Gasteiger partial charge in [-0.2, -0.15) is 0 Å². The molecule has 0 radical (unpaired) electrons. The summed E-state index contributed by atoms with van der Waals surface area (Å²) in [4.78, 5) is 11.0. The normalized spacial score (nSPS) is 12.5. The van der Waals surface area contributed by atoms with E-state index in [0.29, 0.717) is 5.56 Å². The first kappa shape index (κ1) is 8.14. The molecule has 0 aliphatic rings. The van der Waals surface area contributed by atoms with E-state index in [0.717, 1.165) is 11.2 Å². The van der Waals surface area contributed by atoms with Crippen LogP contribution in [0.5, 0.6) is 0 Å². The van der Waals surface area contributed by atoms with Crippen LogP contribution in [-0.2, 0) is 10.8 Å². The molecule has 2 nitrogen and oxygen atoms in total. The minimum Gasteiger partial charge on any atom is -0.298 e. The molecule has 11 heavy (non-hydrogen) atoms. The molecule has 1 aromatic rings. The maximum atomic E-state index is 10.9. The van der Waals surface area contributed by atoms with Crippen LogP contribution in [-0.4, -0.2) is 16.8 Å². The van der Waals surface area contributed by atoms with Gasteiger partial charge >= 0.3 is 0 Å². The average molecular weight is 168 g/mol. The van der Waals surface area contributed by atoms with Gasteiger partial charge in [-0.15, -0.1) is 0 Å². The molecule has 1 aromatic carbocycles. The van der Waals surface area contributed by atoms with E-state index < -0.39 is 10.8 Å². The van der Waals surface area contributed by atoms with Crippen LogP contribution < -0.4 is 0 Å². The van der Waals surface area contributed by atoms with Gasteiger partial charge in [0.1, 0.15) is 6.29 Å². The van der Waals surface area contributed by atoms with Crippen molar-refractivity contribution in [3.8, 4) is 0 Å². The molecule has 58 valence electrons. The number of hydrogen-bond acceptors (Lipinski definition) is 2. The molecule has 0 fully saturated rings. The fourth-order valence-electron chi connectivity index (χ4n) is 0.738. The third kappa shape index (κ3) is 1.98. The number of aldehydes is 1. The molecule has 0 aromatic heterocycles. The molecule has 0 saturated heterocycles. The molecular weight excluding hydrogens is 160 g/mol. The standard InChI is InChI=1S/C8H8O2S/c1-11(10)8-4-2-7(6-9)3-5-8/h2-6H,1H3/t11-/m0/s1. The lowest BCUT2D eigenvalue weighted by molar-refractivity contribution is 0.112. The van der Waals surface area contributed by atoms with Gasteiger partial charge in [0, 0.05) is 27.5 Å². The molecule has 1 rings (SSSR count). The van der Waals surface area contributed by atoms with E-state index >= 15 is 0 Å². The Morgan fingerprint density at radius 2 is 1.82 bits per heavy atom. The third-order valence-electron chi connectivity index (χ3n) is 1.35. The van der Waals surface area contributed by atoms with Crippen molar-refractivity contribution in [2.75, 3.05) is 6.26 Å². The van der Waals surface area contributed by atoms with Crippen molar-refractivity contribution in [1.29, 1.82) is 0 Å². The Kier molecular flexibility index (Phi) is 2.54. The second-order valence-electron chi connectivity index (χ2n) is 2.14. The van der Waals surface area contributed by atoms with Crippen molar-refractivity contribution in [3.63, 3.8) is 0 Å². The van der Waals surface area contributed by atoms with Gasteiger partial charge < -0.3 is 0 Å². The first-order chi connectivity index (χ1) is 5.24. The van der Waals surface area contributed by atoms with Crippen molar-refractivity contribution in [3.05, 3.63) is 29.8 Å². The average Bonchev–Trinajstić information content (AvgIpc) is 2.05. The highest BCUT2D eigenvalue weighted by atomic mass is 32.2. The minimum atomic E-state index is -0.955. The second-order valence-corrected chi connectivity index (χ2v) is 3.52. The topological polar surface area (TPSA) is 34.1 Å². The van der Waals surface area contributed by atoms with Crippen LogP contribution in [0.15, 0.2) is 29.2 Å². The lowest BCUT2D eigenvalue weighted by Crippen LogP contribution is -1.87. The zero-order chi connectivity index (χ0) is 8.27. The van der Waals surface area contributed by atoms with Crippen molar-refractivity contribution in [2.45, 2.75) is 4.90 Å². The highest BCUT2D eigenvalue weighted by Crippen LogP contribution is 2.05. The van der Waals surface area contributed by atoms with Gasteiger partial charge in [0.15, 0.2) is 0 Å². The van der Waals surface area contributed by atoms with E-state index in [1.165, 1.54) is 0 Å². The Morgan fingerprint density at radius 3 is 2.18 bits per heavy atom. The lowest BCUT2D eigenvalue weighted by atomic mass is 10.2. The third-order valence-corrected chi connectivity index (χ3v) is 2.28. The van der Waals surface area contributed by atoms with E-state index in [1.807, 2.05) is 0 Å². The van der Waals surface area contributed by atoms with Gasteiger partial charge in [-0.25, -0.2) is 0 Å². The molecule has 0 amide bonds. The Labute approximate surface area is 67.7 Å². The fraction of sp³-hybridized carbons (Fsp3) is 0.125. The van der Waals surface area contributed by atoms with Gasteiger partial charge in [-0.05, 0) is 12.1 Å². The zero-order valence-electron chi connectivity index (χ0n) is 6.11. The highest BCUT2D eigenvalue weighted by molar-refractivity contribution is 7.84. The van der Waals surface area contributed by atoms with Crippen molar-refractivity contribution < 1.29 is 9.00 Å². The summed E-state index contributed by atoms with van der Waals surface area (Å²) in [5.41, 5.74) is 0.610. The highest BCUT2D eigenvalue weighted by Gasteiger charge is 1.95. The van der Waals surface area contributed by atoms with Crippen LogP contribution >= 0.6 is 0 Å². The predicted molar refractivity (Wildman–Crippen MR) is 44.2 cm³/mol. The van der Waals surface area contributed by atoms with E-state index in [4.69, 9.17) is 0 Å². The quantitative estimate of drug-likeness (QED) is 0.622. The number of hydrogen-bond donors (Lipinski definition) is 0. The van der Waals surface area contributed by atoms with E-state index in [1.54, 1.807) is 30.5 Å². The molecule has 1 atom stereocenters. The summed E-state index contributed by atoms with van der Waals surface area (Å²) >= 11 is 0. The van der Waals surface area contributed by atoms with Gasteiger partial charge in [0.2, 0.25) is 0 Å². The first-order valence-electron chi connectivity index (χ1n) is 3.12. The minimum absolute atomic E-state index is 0.610. The van der Waals surface area contributed by atoms with Gasteiger partial charge in [-0.1, -0.05) is 12.1 Å². The summed E-state index contributed by atoms with van der Waals surface area (Å²) in [5.74, 6) is 0. The molecule has 0 aliphatic heterocycles. The predicted octanol–water partition coefficient (Wildman–Crippen LogP) is 1.24. The monoisotopic (exact) mass is 168 g/mol. The van der Waals surface area contributed by atoms with E-state index in [-0.39, 0.29) is 0 Å². The Morgan fingerprint density at radius 1 is 1.27 bits per heavy atom. The molecule has 3 heteroatoms. The van der Waals surface area contributed by atoms with Crippen LogP contribution in [0.3, 0.4) is 0 Å². The Balaban J connectivity index is 3.00. The molecule has 0 heterocycles. The first-order valence-corrected chi connectivity index (χ1v) is 4.68. The van der Waals surface area contributed by atoms with E-state index in [2.05, 4.69) is 0 Å². The largest absolute Gasteiger partial charge is 0.298 e. The lowest BCUT2D eigenvalue weighted by Gasteiger charge is -1.94. The van der Waals surface area contributed by atoms with Crippen LogP contribution in [0.25, 0.3) is 0 Å². The smallest absolute Gasteiger partial charge is 0.150 e. The summed E-state index contributed by atoms with van der Waals surface area (Å²) in [6.45, 7) is 0. The van der Waals surface area contributed by atoms with Crippen LogP contribution in [0.2, 0.25) is 0 Å². The van der Waals surface area contributed by atoms with Crippen LogP contribution in [0.4, 0.5) is 0 Å². The summed E-state index contributed by atoms with van der Waals surface area (Å²) in [6, 6.07) is 6.70. The fourth-order valence-corrected chi connectivity index (χ4v) is 1.26. The van der Waals surface area contributed by atoms with Gasteiger partial charge in [0.25, 0.3) is 0 Å². The molecular formula is C8H8O2S. The van der Waals surface area contributed by atoms with Crippen molar-refractivity contribution in [1.82, 2.24) is 0 Å². The molecule has 0 saturated carbocycles. The van der Waals surface area contributed by atoms with Crippen LogP contribution in [0.1, 0.15) is 10.4 Å². The number of benzene rings is 1. The van der Waals surface area contributed by atoms with Crippen molar-refractivity contribution in [2.24, 2.45) is 0 Å². The second kappa shape index (κ2) is 3.44. The summed E-state index contributed by atoms with van der Waals surface area (Å²) in [6.07, 6.45) is 2.37. The number of carbonyl (C=O) groups excluding carboxylic acids is 1. The van der Waals surface area contributed by atoms with Gasteiger partial charge in [0.05, 0.1) is 0 Å². The Bertz CT molecular complexity index is 277. The molecule has 0 unspecified atom stereocenters. The van der Waals surface area contributed by atoms with E-state index in [9.17, 15) is 9.00 Å². The number of carbonyl (C=O) groups is 1. The van der Waals surface area contributed by atoms with Crippen molar-refractivity contribution >= 4 is 17.1 Å². The molecule has 0 N–H and O–H groups in total. The molecule has 0 aliphatic carbocycles. The summed E-state index contributed by atoms with van der Waals surface area (Å²) < 4.78 is 10.9. The Hall–Kier alpha value is -0.960. The molecule has 0 bridgehead atoms. The van der Waals surface area contributed by atoms with Gasteiger partial charge in [-0.3, -0.25) is 9.00 Å². The summed E-state index contributed by atoms with van der Waals surface area (Å²) in [7, 11) is -0.955. The SMILES string of the molecule is C[S@](=O)c1ccc(C=O)cc1. The zero-order valence-corrected chi connectivity index (χ0v) is 6.93. The maximum Gasteiger partial charge on any atom is 0.150 e. The summed E-state index contributed by atoms with van der Waals surface area (Å²) in [5, 5.41) is 0. The van der Waals surface area contributed by atoms with Crippen LogP contribution in [0, 0.1) is 0 Å². The maximum absolute atomic E-state index is 10.9. The number of rotatable bonds is 2. The molecule has 0 spiro atoms.